The molecule has 2 amide bonds. The summed E-state index contributed by atoms with van der Waals surface area (Å²) in [5.74, 6) is 0.496. The van der Waals surface area contributed by atoms with E-state index in [0.717, 1.165) is 42.4 Å². The van der Waals surface area contributed by atoms with Gasteiger partial charge in [-0.1, -0.05) is 71.9 Å². The van der Waals surface area contributed by atoms with Crippen molar-refractivity contribution in [1.29, 1.82) is 0 Å². The number of hydrogen-bond acceptors (Lipinski definition) is 6. The lowest BCUT2D eigenvalue weighted by Crippen LogP contribution is -2.25. The largest absolute Gasteiger partial charge is 0.348 e. The van der Waals surface area contributed by atoms with Crippen molar-refractivity contribution in [3.05, 3.63) is 81.7 Å². The number of thioether (sulfide) groups is 1. The van der Waals surface area contributed by atoms with E-state index >= 15 is 0 Å². The Kier molecular flexibility index (Phi) is 7.48. The molecule has 4 aromatic rings. The summed E-state index contributed by atoms with van der Waals surface area (Å²) in [6, 6.07) is 17.8. The Labute approximate surface area is 218 Å². The number of amides is 2. The molecular formula is C27H27N5O2S2. The topological polar surface area (TPSA) is 99.8 Å². The summed E-state index contributed by atoms with van der Waals surface area (Å²) in [6.45, 7) is 2.48. The number of anilines is 1. The molecule has 0 saturated heterocycles. The highest BCUT2D eigenvalue weighted by atomic mass is 32.2. The first-order valence-corrected chi connectivity index (χ1v) is 13.8. The Balaban J connectivity index is 1.24. The van der Waals surface area contributed by atoms with Gasteiger partial charge in [-0.3, -0.25) is 14.7 Å². The molecule has 5 rings (SSSR count). The molecule has 0 aliphatic heterocycles. The lowest BCUT2D eigenvalue weighted by molar-refractivity contribution is -0.113. The number of carbonyl (C=O) groups is 2. The first-order chi connectivity index (χ1) is 17.6. The van der Waals surface area contributed by atoms with E-state index in [-0.39, 0.29) is 17.6 Å². The van der Waals surface area contributed by atoms with Gasteiger partial charge < -0.3 is 10.6 Å². The molecule has 0 atom stereocenters. The second-order valence-electron chi connectivity index (χ2n) is 8.75. The van der Waals surface area contributed by atoms with E-state index in [0.29, 0.717) is 28.1 Å². The quantitative estimate of drug-likeness (QED) is 0.273. The fraction of sp³-hybridized carbons (Fsp3) is 0.259. The first-order valence-electron chi connectivity index (χ1n) is 12.0. The fourth-order valence-corrected chi connectivity index (χ4v) is 6.11. The van der Waals surface area contributed by atoms with Gasteiger partial charge in [0.25, 0.3) is 5.91 Å². The van der Waals surface area contributed by atoms with Gasteiger partial charge in [0.05, 0.1) is 11.3 Å². The highest BCUT2D eigenvalue weighted by Gasteiger charge is 2.26. The minimum Gasteiger partial charge on any atom is -0.348 e. The van der Waals surface area contributed by atoms with Crippen LogP contribution < -0.4 is 10.6 Å². The standard InChI is InChI=1S/C27H27N5O2S2/c1-17-11-13-19(14-12-17)24-30-27(32-31-24)35-16-22(33)29-26-23(20-9-5-6-10-21(20)36-26)25(34)28-15-18-7-3-2-4-8-18/h2-4,7-8,11-14H,5-6,9-10,15-16H2,1H3,(H,28,34)(H,29,33)(H,30,31,32). The zero-order valence-electron chi connectivity index (χ0n) is 20.0. The average molecular weight is 518 g/mol. The normalized spacial score (nSPS) is 12.7. The Morgan fingerprint density at radius 1 is 1.06 bits per heavy atom. The number of hydrogen-bond donors (Lipinski definition) is 3. The van der Waals surface area contributed by atoms with Crippen LogP contribution in [0.4, 0.5) is 5.00 Å². The van der Waals surface area contributed by atoms with Crippen molar-refractivity contribution in [2.45, 2.75) is 44.3 Å². The summed E-state index contributed by atoms with van der Waals surface area (Å²) < 4.78 is 0. The van der Waals surface area contributed by atoms with Crippen molar-refractivity contribution in [2.24, 2.45) is 0 Å². The Hall–Kier alpha value is -3.43. The van der Waals surface area contributed by atoms with Gasteiger partial charge >= 0.3 is 0 Å². The van der Waals surface area contributed by atoms with Crippen molar-refractivity contribution < 1.29 is 9.59 Å². The van der Waals surface area contributed by atoms with Crippen molar-refractivity contribution in [3.8, 4) is 11.4 Å². The maximum absolute atomic E-state index is 13.2. The van der Waals surface area contributed by atoms with Crippen molar-refractivity contribution in [2.75, 3.05) is 11.1 Å². The molecule has 7 nitrogen and oxygen atoms in total. The van der Waals surface area contributed by atoms with Gasteiger partial charge in [-0.15, -0.1) is 16.4 Å². The summed E-state index contributed by atoms with van der Waals surface area (Å²) >= 11 is 2.79. The summed E-state index contributed by atoms with van der Waals surface area (Å²) in [7, 11) is 0. The average Bonchev–Trinajstić information content (AvgIpc) is 3.52. The van der Waals surface area contributed by atoms with Gasteiger partial charge in [-0.25, -0.2) is 4.98 Å². The molecule has 9 heteroatoms. The summed E-state index contributed by atoms with van der Waals surface area (Å²) in [6.07, 6.45) is 3.97. The molecular weight excluding hydrogens is 490 g/mol. The predicted molar refractivity (Wildman–Crippen MR) is 144 cm³/mol. The van der Waals surface area contributed by atoms with E-state index in [1.165, 1.54) is 33.5 Å². The van der Waals surface area contributed by atoms with Crippen LogP contribution in [0.2, 0.25) is 0 Å². The minimum atomic E-state index is -0.183. The molecule has 0 saturated carbocycles. The van der Waals surface area contributed by atoms with E-state index in [1.54, 1.807) is 0 Å². The van der Waals surface area contributed by atoms with E-state index in [9.17, 15) is 9.59 Å². The molecule has 0 fully saturated rings. The highest BCUT2D eigenvalue weighted by Crippen LogP contribution is 2.38. The Morgan fingerprint density at radius 3 is 2.64 bits per heavy atom. The van der Waals surface area contributed by atoms with E-state index < -0.39 is 0 Å². The Bertz CT molecular complexity index is 1360. The third-order valence-corrected chi connectivity index (χ3v) is 8.12. The SMILES string of the molecule is Cc1ccc(-c2nc(SCC(=O)Nc3sc4c(c3C(=O)NCc3ccccc3)CCCC4)n[nH]2)cc1. The number of fused-ring (bicyclic) bond motifs is 1. The number of nitrogens with one attached hydrogen (secondary N) is 3. The monoisotopic (exact) mass is 517 g/mol. The highest BCUT2D eigenvalue weighted by molar-refractivity contribution is 7.99. The maximum Gasteiger partial charge on any atom is 0.254 e. The minimum absolute atomic E-state index is 0.141. The molecule has 1 aliphatic carbocycles. The van der Waals surface area contributed by atoms with Gasteiger partial charge in [0.2, 0.25) is 11.1 Å². The molecule has 2 heterocycles. The van der Waals surface area contributed by atoms with Gasteiger partial charge in [0.15, 0.2) is 5.82 Å². The molecule has 0 spiro atoms. The maximum atomic E-state index is 13.2. The van der Waals surface area contributed by atoms with Crippen LogP contribution in [0.3, 0.4) is 0 Å². The van der Waals surface area contributed by atoms with E-state index in [2.05, 4.69) is 25.8 Å². The van der Waals surface area contributed by atoms with Crippen LogP contribution >= 0.6 is 23.1 Å². The number of aromatic nitrogens is 3. The second-order valence-corrected chi connectivity index (χ2v) is 10.8. The van der Waals surface area contributed by atoms with Gasteiger partial charge in [0.1, 0.15) is 5.00 Å². The molecule has 1 aliphatic rings. The number of nitrogens with zero attached hydrogens (tertiary/aromatic N) is 2. The number of carbonyl (C=O) groups excluding carboxylic acids is 2. The van der Waals surface area contributed by atoms with Crippen LogP contribution in [-0.4, -0.2) is 32.7 Å². The molecule has 0 radical (unpaired) electrons. The molecule has 2 aromatic heterocycles. The van der Waals surface area contributed by atoms with Crippen molar-refractivity contribution >= 4 is 39.9 Å². The third-order valence-electron chi connectivity index (χ3n) is 6.07. The zero-order chi connectivity index (χ0) is 24.9. The van der Waals surface area contributed by atoms with Crippen LogP contribution in [0.25, 0.3) is 11.4 Å². The van der Waals surface area contributed by atoms with Gasteiger partial charge in [-0.05, 0) is 43.7 Å². The number of H-pyrrole nitrogens is 1. The van der Waals surface area contributed by atoms with Crippen molar-refractivity contribution in [1.82, 2.24) is 20.5 Å². The molecule has 3 N–H and O–H groups in total. The van der Waals surface area contributed by atoms with Gasteiger partial charge in [0, 0.05) is 17.0 Å². The molecule has 2 aromatic carbocycles. The lowest BCUT2D eigenvalue weighted by Gasteiger charge is -2.13. The molecule has 36 heavy (non-hydrogen) atoms. The molecule has 184 valence electrons. The van der Waals surface area contributed by atoms with Crippen molar-refractivity contribution in [3.63, 3.8) is 0 Å². The van der Waals surface area contributed by atoms with Crippen LogP contribution in [-0.2, 0) is 24.2 Å². The number of thiophene rings is 1. The van der Waals surface area contributed by atoms with E-state index in [1.807, 2.05) is 61.5 Å². The number of rotatable bonds is 8. The van der Waals surface area contributed by atoms with Crippen LogP contribution in [0.15, 0.2) is 59.8 Å². The fourth-order valence-electron chi connectivity index (χ4n) is 4.21. The number of aromatic amines is 1. The second kappa shape index (κ2) is 11.1. The first kappa shape index (κ1) is 24.3. The summed E-state index contributed by atoms with van der Waals surface area (Å²) in [5, 5.41) is 14.3. The van der Waals surface area contributed by atoms with Crippen LogP contribution in [0.1, 0.15) is 44.8 Å². The predicted octanol–water partition coefficient (Wildman–Crippen LogP) is 5.38. The Morgan fingerprint density at radius 2 is 1.83 bits per heavy atom. The molecule has 0 unspecified atom stereocenters. The van der Waals surface area contributed by atoms with Crippen LogP contribution in [0.5, 0.6) is 0 Å². The van der Waals surface area contributed by atoms with E-state index in [4.69, 9.17) is 0 Å². The third kappa shape index (κ3) is 5.68. The summed E-state index contributed by atoms with van der Waals surface area (Å²) in [5.41, 5.74) is 4.85. The van der Waals surface area contributed by atoms with Crippen LogP contribution in [0, 0.1) is 6.92 Å². The lowest BCUT2D eigenvalue weighted by atomic mass is 9.95. The molecule has 0 bridgehead atoms. The summed E-state index contributed by atoms with van der Waals surface area (Å²) in [4.78, 5) is 31.7. The zero-order valence-corrected chi connectivity index (χ0v) is 21.6. The number of benzene rings is 2. The smallest absolute Gasteiger partial charge is 0.254 e. The number of aryl methyl sites for hydroxylation is 2. The van der Waals surface area contributed by atoms with Gasteiger partial charge in [-0.2, -0.15) is 0 Å².